The molecule has 0 spiro atoms. The van der Waals surface area contributed by atoms with Crippen LogP contribution in [-0.2, 0) is 20.9 Å². The lowest BCUT2D eigenvalue weighted by atomic mass is 10.2. The summed E-state index contributed by atoms with van der Waals surface area (Å²) in [5.41, 5.74) is 1.00. The fourth-order valence-corrected chi connectivity index (χ4v) is 2.23. The Morgan fingerprint density at radius 2 is 1.88 bits per heavy atom. The number of ether oxygens (including phenoxy) is 4. The molecule has 0 bridgehead atoms. The molecule has 0 radical (unpaired) electrons. The lowest BCUT2D eigenvalue weighted by Gasteiger charge is -2.07. The molecule has 7 nitrogen and oxygen atoms in total. The molecule has 0 N–H and O–H groups in total. The molecule has 0 fully saturated rings. The Morgan fingerprint density at radius 1 is 1.12 bits per heavy atom. The molecule has 0 amide bonds. The third-order valence-electron chi connectivity index (χ3n) is 3.57. The van der Waals surface area contributed by atoms with Crippen LogP contribution in [-0.4, -0.2) is 33.3 Å². The van der Waals surface area contributed by atoms with E-state index in [1.807, 2.05) is 0 Å². The summed E-state index contributed by atoms with van der Waals surface area (Å²) in [4.78, 5) is 23.4. The first kappa shape index (κ1) is 19.1. The summed E-state index contributed by atoms with van der Waals surface area (Å²) in [5, 5.41) is 0. The van der Waals surface area contributed by atoms with E-state index in [4.69, 9.17) is 18.6 Å². The van der Waals surface area contributed by atoms with Crippen LogP contribution in [0.4, 0.5) is 0 Å². The molecule has 26 heavy (non-hydrogen) atoms. The number of carbonyl (C=O) groups excluding carboxylic acids is 2. The van der Waals surface area contributed by atoms with E-state index in [2.05, 4.69) is 4.74 Å². The van der Waals surface area contributed by atoms with Crippen LogP contribution in [0.2, 0.25) is 0 Å². The van der Waals surface area contributed by atoms with Crippen LogP contribution in [0.25, 0.3) is 6.08 Å². The maximum atomic E-state index is 11.9. The van der Waals surface area contributed by atoms with Gasteiger partial charge in [0.15, 0.2) is 0 Å². The number of furan rings is 1. The van der Waals surface area contributed by atoms with E-state index >= 15 is 0 Å². The number of carbonyl (C=O) groups is 2. The van der Waals surface area contributed by atoms with Crippen LogP contribution in [0.3, 0.4) is 0 Å². The molecule has 2 aromatic rings. The van der Waals surface area contributed by atoms with Crippen LogP contribution in [0, 0.1) is 6.92 Å². The fourth-order valence-electron chi connectivity index (χ4n) is 2.23. The monoisotopic (exact) mass is 360 g/mol. The topological polar surface area (TPSA) is 84.2 Å². The lowest BCUT2D eigenvalue weighted by Crippen LogP contribution is -2.01. The zero-order valence-corrected chi connectivity index (χ0v) is 15.0. The maximum Gasteiger partial charge on any atom is 0.341 e. The Morgan fingerprint density at radius 3 is 2.54 bits per heavy atom. The van der Waals surface area contributed by atoms with E-state index in [1.54, 1.807) is 38.3 Å². The molecule has 1 aromatic heterocycles. The Kier molecular flexibility index (Phi) is 6.43. The van der Waals surface area contributed by atoms with Crippen LogP contribution in [0.15, 0.2) is 34.8 Å². The SMILES string of the molecule is COC(=O)c1cc(COC(=O)/C=C/c2ccc(OC)cc2OC)oc1C. The number of rotatable bonds is 7. The summed E-state index contributed by atoms with van der Waals surface area (Å²) in [6, 6.07) is 6.73. The minimum Gasteiger partial charge on any atom is -0.497 e. The van der Waals surface area contributed by atoms with Crippen molar-refractivity contribution in [3.8, 4) is 11.5 Å². The van der Waals surface area contributed by atoms with Gasteiger partial charge in [-0.2, -0.15) is 0 Å². The maximum absolute atomic E-state index is 11.9. The van der Waals surface area contributed by atoms with E-state index in [0.29, 0.717) is 34.1 Å². The predicted octanol–water partition coefficient (Wildman–Crippen LogP) is 3.15. The first-order chi connectivity index (χ1) is 12.5. The summed E-state index contributed by atoms with van der Waals surface area (Å²) in [6.07, 6.45) is 2.86. The van der Waals surface area contributed by atoms with E-state index in [9.17, 15) is 9.59 Å². The summed E-state index contributed by atoms with van der Waals surface area (Å²) in [5.74, 6) is 0.911. The van der Waals surface area contributed by atoms with Crippen molar-refractivity contribution in [2.24, 2.45) is 0 Å². The molecule has 138 valence electrons. The van der Waals surface area contributed by atoms with Crippen LogP contribution >= 0.6 is 0 Å². The van der Waals surface area contributed by atoms with Gasteiger partial charge in [0.05, 0.1) is 21.3 Å². The molecule has 2 rings (SSSR count). The summed E-state index contributed by atoms with van der Waals surface area (Å²) >= 11 is 0. The highest BCUT2D eigenvalue weighted by Crippen LogP contribution is 2.25. The molecule has 0 aliphatic heterocycles. The number of hydrogen-bond acceptors (Lipinski definition) is 7. The van der Waals surface area contributed by atoms with Gasteiger partial charge in [-0.05, 0) is 31.2 Å². The Labute approximate surface area is 151 Å². The van der Waals surface area contributed by atoms with Crippen molar-refractivity contribution in [3.63, 3.8) is 0 Å². The summed E-state index contributed by atoms with van der Waals surface area (Å²) in [6.45, 7) is 1.54. The molecule has 0 aliphatic rings. The molecule has 0 saturated carbocycles. The van der Waals surface area contributed by atoms with Gasteiger partial charge in [-0.3, -0.25) is 0 Å². The molecule has 1 aromatic carbocycles. The number of aryl methyl sites for hydroxylation is 1. The first-order valence-corrected chi connectivity index (χ1v) is 7.73. The molecule has 7 heteroatoms. The van der Waals surface area contributed by atoms with Gasteiger partial charge in [0.1, 0.15) is 35.2 Å². The van der Waals surface area contributed by atoms with Crippen molar-refractivity contribution in [1.82, 2.24) is 0 Å². The second kappa shape index (κ2) is 8.75. The summed E-state index contributed by atoms with van der Waals surface area (Å²) < 4.78 is 25.5. The van der Waals surface area contributed by atoms with Crippen molar-refractivity contribution in [2.45, 2.75) is 13.5 Å². The van der Waals surface area contributed by atoms with E-state index in [0.717, 1.165) is 0 Å². The standard InChI is InChI=1S/C19H20O7/c1-12-16(19(21)24-4)9-15(26-12)11-25-18(20)8-6-13-5-7-14(22-2)10-17(13)23-3/h5-10H,11H2,1-4H3/b8-6+. The van der Waals surface area contributed by atoms with Gasteiger partial charge >= 0.3 is 11.9 Å². The minimum absolute atomic E-state index is 0.0965. The van der Waals surface area contributed by atoms with Crippen molar-refractivity contribution in [1.29, 1.82) is 0 Å². The van der Waals surface area contributed by atoms with Gasteiger partial charge in [0.25, 0.3) is 0 Å². The average Bonchev–Trinajstić information content (AvgIpc) is 3.04. The lowest BCUT2D eigenvalue weighted by molar-refractivity contribution is -0.139. The Hall–Kier alpha value is -3.22. The van der Waals surface area contributed by atoms with Gasteiger partial charge in [-0.15, -0.1) is 0 Å². The highest BCUT2D eigenvalue weighted by atomic mass is 16.5. The number of methoxy groups -OCH3 is 3. The second-order valence-electron chi connectivity index (χ2n) is 5.22. The zero-order valence-electron chi connectivity index (χ0n) is 15.0. The fraction of sp³-hybridized carbons (Fsp3) is 0.263. The van der Waals surface area contributed by atoms with Gasteiger partial charge in [-0.1, -0.05) is 0 Å². The minimum atomic E-state index is -0.559. The first-order valence-electron chi connectivity index (χ1n) is 7.73. The third-order valence-corrected chi connectivity index (χ3v) is 3.57. The van der Waals surface area contributed by atoms with Crippen LogP contribution in [0.5, 0.6) is 11.5 Å². The van der Waals surface area contributed by atoms with E-state index in [-0.39, 0.29) is 6.61 Å². The highest BCUT2D eigenvalue weighted by molar-refractivity contribution is 5.90. The molecule has 0 atom stereocenters. The van der Waals surface area contributed by atoms with Crippen molar-refractivity contribution < 1.29 is 33.0 Å². The predicted molar refractivity (Wildman–Crippen MR) is 93.2 cm³/mol. The second-order valence-corrected chi connectivity index (χ2v) is 5.22. The van der Waals surface area contributed by atoms with Gasteiger partial charge in [0.2, 0.25) is 0 Å². The quantitative estimate of drug-likeness (QED) is 0.554. The Balaban J connectivity index is 1.99. The van der Waals surface area contributed by atoms with Crippen molar-refractivity contribution in [3.05, 3.63) is 53.0 Å². The zero-order chi connectivity index (χ0) is 19.1. The summed E-state index contributed by atoms with van der Waals surface area (Å²) in [7, 11) is 4.37. The van der Waals surface area contributed by atoms with Crippen molar-refractivity contribution >= 4 is 18.0 Å². The van der Waals surface area contributed by atoms with E-state index < -0.39 is 11.9 Å². The molecule has 1 heterocycles. The largest absolute Gasteiger partial charge is 0.497 e. The van der Waals surface area contributed by atoms with E-state index in [1.165, 1.54) is 26.4 Å². The van der Waals surface area contributed by atoms with Crippen LogP contribution < -0.4 is 9.47 Å². The van der Waals surface area contributed by atoms with Gasteiger partial charge < -0.3 is 23.4 Å². The Bertz CT molecular complexity index is 817. The van der Waals surface area contributed by atoms with Gasteiger partial charge in [0, 0.05) is 17.7 Å². The number of hydrogen-bond donors (Lipinski definition) is 0. The van der Waals surface area contributed by atoms with Crippen LogP contribution in [0.1, 0.15) is 27.4 Å². The molecule has 0 saturated heterocycles. The smallest absolute Gasteiger partial charge is 0.341 e. The number of benzene rings is 1. The molecule has 0 aliphatic carbocycles. The molecular weight excluding hydrogens is 340 g/mol. The van der Waals surface area contributed by atoms with Gasteiger partial charge in [-0.25, -0.2) is 9.59 Å². The van der Waals surface area contributed by atoms with Crippen molar-refractivity contribution in [2.75, 3.05) is 21.3 Å². The molecule has 0 unspecified atom stereocenters. The highest BCUT2D eigenvalue weighted by Gasteiger charge is 2.16. The average molecular weight is 360 g/mol. The third kappa shape index (κ3) is 4.66. The number of esters is 2. The normalized spacial score (nSPS) is 10.6. The molecular formula is C19H20O7.